The third-order valence-corrected chi connectivity index (χ3v) is 4.82. The minimum atomic E-state index is -0.226. The van der Waals surface area contributed by atoms with Gasteiger partial charge < -0.3 is 9.32 Å². The highest BCUT2D eigenvalue weighted by Gasteiger charge is 2.35. The van der Waals surface area contributed by atoms with Crippen molar-refractivity contribution in [2.45, 2.75) is 16.9 Å². The number of nitrogens with zero attached hydrogens (tertiary/aromatic N) is 6. The Morgan fingerprint density at radius 2 is 2.12 bits per heavy atom. The second-order valence-corrected chi connectivity index (χ2v) is 6.52. The molecule has 1 fully saturated rings. The molecule has 24 heavy (non-hydrogen) atoms. The first-order chi connectivity index (χ1) is 11.7. The maximum absolute atomic E-state index is 12.6. The molecule has 1 aliphatic rings. The van der Waals surface area contributed by atoms with Gasteiger partial charge in [-0.05, 0) is 18.6 Å². The molecule has 1 atom stereocenters. The number of amides is 1. The molecule has 0 bridgehead atoms. The highest BCUT2D eigenvalue weighted by Crippen LogP contribution is 2.33. The number of aromatic nitrogens is 5. The van der Waals surface area contributed by atoms with Crippen molar-refractivity contribution in [3.63, 3.8) is 0 Å². The number of carbonyl (C=O) groups excluding carboxylic acids is 1. The third-order valence-electron chi connectivity index (χ3n) is 3.74. The van der Waals surface area contributed by atoms with Gasteiger partial charge in [0, 0.05) is 37.7 Å². The summed E-state index contributed by atoms with van der Waals surface area (Å²) >= 11 is 1.31. The number of hydrogen-bond acceptors (Lipinski definition) is 7. The molecule has 3 aromatic rings. The summed E-state index contributed by atoms with van der Waals surface area (Å²) < 4.78 is 7.33. The zero-order valence-corrected chi connectivity index (χ0v) is 13.7. The third kappa shape index (κ3) is 2.78. The molecule has 0 saturated carbocycles. The van der Waals surface area contributed by atoms with Crippen LogP contribution in [0.15, 0.2) is 46.6 Å². The molecule has 3 aromatic heterocycles. The lowest BCUT2D eigenvalue weighted by molar-refractivity contribution is -0.116. The van der Waals surface area contributed by atoms with Gasteiger partial charge >= 0.3 is 0 Å². The first-order valence-corrected chi connectivity index (χ1v) is 8.29. The summed E-state index contributed by atoms with van der Waals surface area (Å²) in [5.74, 6) is 0.464. The molecule has 0 aromatic carbocycles. The van der Waals surface area contributed by atoms with E-state index < -0.39 is 0 Å². The van der Waals surface area contributed by atoms with Crippen LogP contribution in [0.25, 0.3) is 11.5 Å². The molecule has 0 aliphatic carbocycles. The first-order valence-electron chi connectivity index (χ1n) is 7.41. The lowest BCUT2D eigenvalue weighted by atomic mass is 10.3. The van der Waals surface area contributed by atoms with Crippen molar-refractivity contribution in [3.8, 4) is 11.5 Å². The number of hydrogen-bond donors (Lipinski definition) is 0. The van der Waals surface area contributed by atoms with Gasteiger partial charge in [0.2, 0.25) is 11.8 Å². The van der Waals surface area contributed by atoms with Crippen molar-refractivity contribution in [2.75, 3.05) is 11.4 Å². The van der Waals surface area contributed by atoms with Gasteiger partial charge in [-0.25, -0.2) is 0 Å². The Morgan fingerprint density at radius 1 is 1.29 bits per heavy atom. The van der Waals surface area contributed by atoms with Gasteiger partial charge in [0.1, 0.15) is 0 Å². The van der Waals surface area contributed by atoms with Gasteiger partial charge in [0.05, 0.1) is 17.1 Å². The van der Waals surface area contributed by atoms with Crippen LogP contribution in [0.5, 0.6) is 0 Å². The lowest BCUT2D eigenvalue weighted by Crippen LogP contribution is -2.27. The quantitative estimate of drug-likeness (QED) is 0.713. The number of rotatable bonds is 4. The molecular formula is C15H14N6O2S. The normalized spacial score (nSPS) is 17.6. The van der Waals surface area contributed by atoms with Gasteiger partial charge in [-0.15, -0.1) is 10.2 Å². The minimum Gasteiger partial charge on any atom is -0.411 e. The Bertz CT molecular complexity index is 862. The second-order valence-electron chi connectivity index (χ2n) is 5.37. The Labute approximate surface area is 141 Å². The van der Waals surface area contributed by atoms with Crippen LogP contribution in [-0.4, -0.2) is 42.7 Å². The van der Waals surface area contributed by atoms with Crippen molar-refractivity contribution in [1.29, 1.82) is 0 Å². The molecular weight excluding hydrogens is 328 g/mol. The van der Waals surface area contributed by atoms with Crippen LogP contribution in [0.4, 0.5) is 5.69 Å². The van der Waals surface area contributed by atoms with Crippen molar-refractivity contribution in [1.82, 2.24) is 25.0 Å². The topological polar surface area (TPSA) is 89.9 Å². The van der Waals surface area contributed by atoms with E-state index in [-0.39, 0.29) is 11.2 Å². The standard InChI is InChI=1S/C15H14N6O2S/c1-20-9-11(8-17-20)21-7-4-12(14(21)22)24-15-19-18-13(23-15)10-2-5-16-6-3-10/h2-3,5-6,8-9,12H,4,7H2,1H3. The number of carbonyl (C=O) groups is 1. The number of anilines is 1. The van der Waals surface area contributed by atoms with Crippen LogP contribution in [0.1, 0.15) is 6.42 Å². The summed E-state index contributed by atoms with van der Waals surface area (Å²) in [5.41, 5.74) is 1.62. The van der Waals surface area contributed by atoms with Crippen molar-refractivity contribution < 1.29 is 9.21 Å². The molecule has 122 valence electrons. The van der Waals surface area contributed by atoms with E-state index in [2.05, 4.69) is 20.3 Å². The van der Waals surface area contributed by atoms with Crippen molar-refractivity contribution in [2.24, 2.45) is 7.05 Å². The Balaban J connectivity index is 1.47. The molecule has 1 amide bonds. The van der Waals surface area contributed by atoms with Gasteiger partial charge in [0.25, 0.3) is 5.22 Å². The van der Waals surface area contributed by atoms with Gasteiger partial charge in [-0.2, -0.15) is 5.10 Å². The van der Waals surface area contributed by atoms with E-state index >= 15 is 0 Å². The van der Waals surface area contributed by atoms with Gasteiger partial charge in [-0.3, -0.25) is 14.5 Å². The second kappa shape index (κ2) is 6.08. The summed E-state index contributed by atoms with van der Waals surface area (Å²) in [6, 6.07) is 3.60. The van der Waals surface area contributed by atoms with Crippen LogP contribution in [0.3, 0.4) is 0 Å². The van der Waals surface area contributed by atoms with Gasteiger partial charge in [0.15, 0.2) is 0 Å². The average molecular weight is 342 g/mol. The molecule has 1 aliphatic heterocycles. The number of pyridine rings is 1. The minimum absolute atomic E-state index is 0.0386. The SMILES string of the molecule is Cn1cc(N2CCC(Sc3nnc(-c4ccncc4)o3)C2=O)cn1. The first kappa shape index (κ1) is 14.9. The predicted molar refractivity (Wildman–Crippen MR) is 87.4 cm³/mol. The van der Waals surface area contributed by atoms with E-state index in [1.807, 2.05) is 13.2 Å². The van der Waals surface area contributed by atoms with E-state index in [1.54, 1.807) is 40.3 Å². The van der Waals surface area contributed by atoms with Crippen LogP contribution in [0, 0.1) is 0 Å². The highest BCUT2D eigenvalue weighted by atomic mass is 32.2. The van der Waals surface area contributed by atoms with Crippen molar-refractivity contribution in [3.05, 3.63) is 36.9 Å². The average Bonchev–Trinajstić information content (AvgIpc) is 3.31. The van der Waals surface area contributed by atoms with E-state index in [4.69, 9.17) is 4.42 Å². The summed E-state index contributed by atoms with van der Waals surface area (Å²) in [7, 11) is 1.83. The summed E-state index contributed by atoms with van der Waals surface area (Å²) in [6.45, 7) is 0.660. The maximum atomic E-state index is 12.6. The molecule has 0 N–H and O–H groups in total. The summed E-state index contributed by atoms with van der Waals surface area (Å²) in [4.78, 5) is 18.3. The van der Waals surface area contributed by atoms with E-state index in [0.717, 1.165) is 17.7 Å². The monoisotopic (exact) mass is 342 g/mol. The van der Waals surface area contributed by atoms with Crippen LogP contribution < -0.4 is 4.90 Å². The van der Waals surface area contributed by atoms with E-state index in [0.29, 0.717) is 17.7 Å². The van der Waals surface area contributed by atoms with Crippen LogP contribution in [0.2, 0.25) is 0 Å². The van der Waals surface area contributed by atoms with Crippen LogP contribution in [-0.2, 0) is 11.8 Å². The fraction of sp³-hybridized carbons (Fsp3) is 0.267. The number of aryl methyl sites for hydroxylation is 1. The molecule has 0 radical (unpaired) electrons. The molecule has 4 rings (SSSR count). The van der Waals surface area contributed by atoms with Crippen LogP contribution >= 0.6 is 11.8 Å². The largest absolute Gasteiger partial charge is 0.411 e. The Hall–Kier alpha value is -2.68. The molecule has 4 heterocycles. The van der Waals surface area contributed by atoms with Gasteiger partial charge in [-0.1, -0.05) is 11.8 Å². The maximum Gasteiger partial charge on any atom is 0.277 e. The zero-order chi connectivity index (χ0) is 16.5. The van der Waals surface area contributed by atoms with E-state index in [9.17, 15) is 4.79 Å². The predicted octanol–water partition coefficient (Wildman–Crippen LogP) is 1.76. The Kier molecular flexibility index (Phi) is 3.77. The molecule has 0 spiro atoms. The molecule has 8 nitrogen and oxygen atoms in total. The fourth-order valence-corrected chi connectivity index (χ4v) is 3.47. The number of thioether (sulfide) groups is 1. The highest BCUT2D eigenvalue weighted by molar-refractivity contribution is 8.00. The fourth-order valence-electron chi connectivity index (χ4n) is 2.56. The zero-order valence-electron chi connectivity index (χ0n) is 12.9. The molecule has 1 saturated heterocycles. The summed E-state index contributed by atoms with van der Waals surface area (Å²) in [5, 5.41) is 12.3. The van der Waals surface area contributed by atoms with E-state index in [1.165, 1.54) is 11.8 Å². The molecule has 9 heteroatoms. The lowest BCUT2D eigenvalue weighted by Gasteiger charge is -2.13. The Morgan fingerprint density at radius 3 is 2.88 bits per heavy atom. The summed E-state index contributed by atoms with van der Waals surface area (Å²) in [6.07, 6.45) is 7.58. The van der Waals surface area contributed by atoms with Crippen molar-refractivity contribution >= 4 is 23.4 Å². The smallest absolute Gasteiger partial charge is 0.277 e. The molecule has 1 unspecified atom stereocenters.